The summed E-state index contributed by atoms with van der Waals surface area (Å²) in [5, 5.41) is 6.62. The zero-order valence-electron chi connectivity index (χ0n) is 18.6. The number of ether oxygens (including phenoxy) is 2. The Hall–Kier alpha value is -3.36. The van der Waals surface area contributed by atoms with E-state index in [9.17, 15) is 9.59 Å². The number of carbonyl (C=O) groups is 2. The lowest BCUT2D eigenvalue weighted by atomic mass is 10.1. The molecular weight excluding hydrogens is 522 g/mol. The Morgan fingerprint density at radius 2 is 1.85 bits per heavy atom. The van der Waals surface area contributed by atoms with E-state index in [0.29, 0.717) is 45.5 Å². The molecule has 2 amide bonds. The highest BCUT2D eigenvalue weighted by Crippen LogP contribution is 2.37. The zero-order valence-corrected chi connectivity index (χ0v) is 20.9. The van der Waals surface area contributed by atoms with Crippen molar-refractivity contribution in [3.8, 4) is 11.5 Å². The average Bonchev–Trinajstić information content (AvgIpc) is 2.80. The number of aryl methyl sites for hydroxylation is 1. The van der Waals surface area contributed by atoms with Crippen molar-refractivity contribution in [3.05, 3.63) is 86.8 Å². The largest absolute Gasteiger partial charge is 0.490 e. The number of nitrogens with one attached hydrogen (secondary N) is 2. The second-order valence-corrected chi connectivity index (χ2v) is 8.44. The maximum absolute atomic E-state index is 12.1. The Bertz CT molecular complexity index is 1220. The molecule has 0 unspecified atom stereocenters. The molecule has 0 saturated heterocycles. The van der Waals surface area contributed by atoms with Crippen LogP contribution in [0.1, 0.15) is 23.6 Å². The normalized spacial score (nSPS) is 10.7. The molecule has 0 heterocycles. The molecule has 0 bridgehead atoms. The molecule has 0 aliphatic carbocycles. The Labute approximate surface area is 211 Å². The number of hydrogen-bond acceptors (Lipinski definition) is 5. The highest BCUT2D eigenvalue weighted by molar-refractivity contribution is 9.10. The third kappa shape index (κ3) is 7.07. The first-order valence-electron chi connectivity index (χ1n) is 10.4. The fourth-order valence-corrected chi connectivity index (χ4v) is 3.74. The first-order valence-corrected chi connectivity index (χ1v) is 11.6. The third-order valence-electron chi connectivity index (χ3n) is 4.51. The molecule has 0 atom stereocenters. The predicted molar refractivity (Wildman–Crippen MR) is 137 cm³/mol. The Kier molecular flexibility index (Phi) is 9.07. The zero-order chi connectivity index (χ0) is 24.5. The van der Waals surface area contributed by atoms with Crippen LogP contribution in [0.4, 0.5) is 5.69 Å². The molecule has 0 fully saturated rings. The summed E-state index contributed by atoms with van der Waals surface area (Å²) in [6.45, 7) is 4.71. The predicted octanol–water partition coefficient (Wildman–Crippen LogP) is 5.48. The molecular formula is C25H23BrClN3O4. The minimum atomic E-state index is -0.932. The number of anilines is 1. The maximum Gasteiger partial charge on any atom is 0.329 e. The summed E-state index contributed by atoms with van der Waals surface area (Å²) in [5.41, 5.74) is 5.35. The second-order valence-electron chi connectivity index (χ2n) is 7.17. The molecule has 7 nitrogen and oxygen atoms in total. The molecule has 0 aromatic heterocycles. The quantitative estimate of drug-likeness (QED) is 0.223. The van der Waals surface area contributed by atoms with E-state index < -0.39 is 11.8 Å². The fraction of sp³-hybridized carbons (Fsp3) is 0.160. The molecule has 176 valence electrons. The van der Waals surface area contributed by atoms with Crippen LogP contribution in [0.3, 0.4) is 0 Å². The Morgan fingerprint density at radius 1 is 1.06 bits per heavy atom. The number of rotatable bonds is 8. The summed E-state index contributed by atoms with van der Waals surface area (Å²) in [6, 6.07) is 18.2. The van der Waals surface area contributed by atoms with Gasteiger partial charge >= 0.3 is 11.8 Å². The van der Waals surface area contributed by atoms with E-state index in [-0.39, 0.29) is 0 Å². The van der Waals surface area contributed by atoms with E-state index in [1.807, 2.05) is 32.0 Å². The van der Waals surface area contributed by atoms with Gasteiger partial charge in [0.05, 0.1) is 28.0 Å². The Balaban J connectivity index is 1.66. The molecule has 0 aliphatic heterocycles. The highest BCUT2D eigenvalue weighted by atomic mass is 79.9. The summed E-state index contributed by atoms with van der Waals surface area (Å²) < 4.78 is 12.4. The molecule has 0 radical (unpaired) electrons. The van der Waals surface area contributed by atoms with Crippen LogP contribution in [0.5, 0.6) is 11.5 Å². The number of nitrogens with zero attached hydrogens (tertiary/aromatic N) is 1. The van der Waals surface area contributed by atoms with Crippen LogP contribution in [0.25, 0.3) is 0 Å². The summed E-state index contributed by atoms with van der Waals surface area (Å²) in [7, 11) is 0. The van der Waals surface area contributed by atoms with Crippen molar-refractivity contribution in [1.82, 2.24) is 5.43 Å². The van der Waals surface area contributed by atoms with Crippen LogP contribution in [0.2, 0.25) is 5.02 Å². The van der Waals surface area contributed by atoms with Gasteiger partial charge in [0.2, 0.25) is 0 Å². The van der Waals surface area contributed by atoms with E-state index in [1.165, 1.54) is 6.21 Å². The molecule has 3 aromatic rings. The maximum atomic E-state index is 12.1. The summed E-state index contributed by atoms with van der Waals surface area (Å²) in [5.74, 6) is -0.739. The highest BCUT2D eigenvalue weighted by Gasteiger charge is 2.15. The van der Waals surface area contributed by atoms with E-state index in [0.717, 1.165) is 11.1 Å². The minimum Gasteiger partial charge on any atom is -0.490 e. The van der Waals surface area contributed by atoms with Crippen LogP contribution < -0.4 is 20.2 Å². The topological polar surface area (TPSA) is 89.0 Å². The van der Waals surface area contributed by atoms with Gasteiger partial charge in [-0.15, -0.1) is 0 Å². The van der Waals surface area contributed by atoms with Gasteiger partial charge in [0.1, 0.15) is 6.61 Å². The molecule has 9 heteroatoms. The van der Waals surface area contributed by atoms with Gasteiger partial charge < -0.3 is 14.8 Å². The summed E-state index contributed by atoms with van der Waals surface area (Å²) in [4.78, 5) is 24.1. The standard InChI is InChI=1S/C25H23BrClN3O4/c1-3-33-22-13-18(12-19(26)23(22)34-15-17-8-6-7-16(2)11-17)14-28-30-25(32)24(31)29-21-10-5-4-9-20(21)27/h4-14H,3,15H2,1-2H3,(H,29,31)(H,30,32)/b28-14+. The van der Waals surface area contributed by atoms with Crippen molar-refractivity contribution in [2.24, 2.45) is 5.10 Å². The van der Waals surface area contributed by atoms with Crippen LogP contribution in [0, 0.1) is 6.92 Å². The number of benzene rings is 3. The van der Waals surface area contributed by atoms with Crippen molar-refractivity contribution in [1.29, 1.82) is 0 Å². The van der Waals surface area contributed by atoms with E-state index in [1.54, 1.807) is 36.4 Å². The Morgan fingerprint density at radius 3 is 2.59 bits per heavy atom. The number of carbonyl (C=O) groups excluding carboxylic acids is 2. The van der Waals surface area contributed by atoms with Gasteiger partial charge in [-0.25, -0.2) is 5.43 Å². The average molecular weight is 545 g/mol. The first kappa shape index (κ1) is 25.3. The molecule has 0 spiro atoms. The van der Waals surface area contributed by atoms with E-state index in [4.69, 9.17) is 21.1 Å². The lowest BCUT2D eigenvalue weighted by molar-refractivity contribution is -0.136. The second kappa shape index (κ2) is 12.2. The van der Waals surface area contributed by atoms with Gasteiger partial charge in [0.25, 0.3) is 0 Å². The monoisotopic (exact) mass is 543 g/mol. The van der Waals surface area contributed by atoms with Crippen LogP contribution in [0.15, 0.2) is 70.2 Å². The summed E-state index contributed by atoms with van der Waals surface area (Å²) in [6.07, 6.45) is 1.40. The van der Waals surface area contributed by atoms with Gasteiger partial charge in [0.15, 0.2) is 11.5 Å². The van der Waals surface area contributed by atoms with E-state index >= 15 is 0 Å². The van der Waals surface area contributed by atoms with Crippen molar-refractivity contribution in [2.75, 3.05) is 11.9 Å². The molecule has 34 heavy (non-hydrogen) atoms. The molecule has 0 aliphatic rings. The van der Waals surface area contributed by atoms with Crippen LogP contribution >= 0.6 is 27.5 Å². The van der Waals surface area contributed by atoms with Gasteiger partial charge in [-0.1, -0.05) is 53.6 Å². The number of amides is 2. The number of hydrazone groups is 1. The van der Waals surface area contributed by atoms with Crippen molar-refractivity contribution >= 4 is 51.2 Å². The molecule has 3 rings (SSSR count). The van der Waals surface area contributed by atoms with Crippen LogP contribution in [-0.4, -0.2) is 24.6 Å². The van der Waals surface area contributed by atoms with Gasteiger partial charge in [-0.2, -0.15) is 5.10 Å². The SMILES string of the molecule is CCOc1cc(/C=N/NC(=O)C(=O)Nc2ccccc2Cl)cc(Br)c1OCc1cccc(C)c1. The van der Waals surface area contributed by atoms with Gasteiger partial charge in [0, 0.05) is 0 Å². The summed E-state index contributed by atoms with van der Waals surface area (Å²) >= 11 is 9.50. The first-order chi connectivity index (χ1) is 16.4. The number of halogens is 2. The number of para-hydroxylation sites is 1. The molecule has 2 N–H and O–H groups in total. The number of hydrogen-bond donors (Lipinski definition) is 2. The fourth-order valence-electron chi connectivity index (χ4n) is 2.98. The minimum absolute atomic E-state index is 0.324. The van der Waals surface area contributed by atoms with Crippen LogP contribution in [-0.2, 0) is 16.2 Å². The van der Waals surface area contributed by atoms with Crippen molar-refractivity contribution in [2.45, 2.75) is 20.5 Å². The smallest absolute Gasteiger partial charge is 0.329 e. The van der Waals surface area contributed by atoms with Crippen molar-refractivity contribution < 1.29 is 19.1 Å². The van der Waals surface area contributed by atoms with Gasteiger partial charge in [-0.05, 0) is 65.2 Å². The third-order valence-corrected chi connectivity index (χ3v) is 5.42. The lowest BCUT2D eigenvalue weighted by Gasteiger charge is -2.15. The van der Waals surface area contributed by atoms with E-state index in [2.05, 4.69) is 37.8 Å². The molecule has 0 saturated carbocycles. The lowest BCUT2D eigenvalue weighted by Crippen LogP contribution is -2.32. The van der Waals surface area contributed by atoms with Crippen molar-refractivity contribution in [3.63, 3.8) is 0 Å². The molecule has 3 aromatic carbocycles. The van der Waals surface area contributed by atoms with Gasteiger partial charge in [-0.3, -0.25) is 9.59 Å².